The van der Waals surface area contributed by atoms with Gasteiger partial charge in [-0.05, 0) is 25.7 Å². The molecule has 1 aliphatic heterocycles. The summed E-state index contributed by atoms with van der Waals surface area (Å²) in [5, 5.41) is 0. The van der Waals surface area contributed by atoms with E-state index in [9.17, 15) is 4.79 Å². The normalized spacial score (nSPS) is 23.1. The van der Waals surface area contributed by atoms with E-state index in [4.69, 9.17) is 9.47 Å². The van der Waals surface area contributed by atoms with Gasteiger partial charge in [0.25, 0.3) is 0 Å². The van der Waals surface area contributed by atoms with Gasteiger partial charge < -0.3 is 9.47 Å². The molecule has 1 saturated heterocycles. The average Bonchev–Trinajstić information content (AvgIpc) is 3.31. The summed E-state index contributed by atoms with van der Waals surface area (Å²) in [7, 11) is 1.43. The summed E-state index contributed by atoms with van der Waals surface area (Å²) in [4.78, 5) is 12.6. The molecule has 130 valence electrons. The molecule has 0 bridgehead atoms. The van der Waals surface area contributed by atoms with E-state index in [1.807, 2.05) is 0 Å². The van der Waals surface area contributed by atoms with Gasteiger partial charge in [-0.2, -0.15) is 0 Å². The van der Waals surface area contributed by atoms with Crippen LogP contribution in [0.4, 0.5) is 0 Å². The zero-order chi connectivity index (χ0) is 16.4. The summed E-state index contributed by atoms with van der Waals surface area (Å²) >= 11 is 7.60. The Morgan fingerprint density at radius 3 is 2.14 bits per heavy atom. The fraction of sp³-hybridized carbons (Fsp3) is 0.941. The number of epoxide rings is 1. The standard InChI is InChI=1S/C17H30Br2O3/c1-3-4-5-6-7-10-14(18)15(19)11-8-9-12-17(13-22-17)16(20)21-2/h14-15H,3-13H2,1-2H3. The molecule has 0 spiro atoms. The van der Waals surface area contributed by atoms with Gasteiger partial charge in [0.05, 0.1) is 13.7 Å². The third-order valence-electron chi connectivity index (χ3n) is 4.34. The number of unbranched alkanes of at least 4 members (excludes halogenated alkanes) is 5. The molecule has 0 radical (unpaired) electrons. The molecule has 1 fully saturated rings. The third kappa shape index (κ3) is 7.31. The van der Waals surface area contributed by atoms with Crippen LogP contribution in [0.1, 0.15) is 71.1 Å². The number of methoxy groups -OCH3 is 1. The van der Waals surface area contributed by atoms with Crippen LogP contribution in [0.2, 0.25) is 0 Å². The molecular formula is C17H30Br2O3. The van der Waals surface area contributed by atoms with Gasteiger partial charge in [0, 0.05) is 9.65 Å². The van der Waals surface area contributed by atoms with Crippen molar-refractivity contribution in [1.29, 1.82) is 0 Å². The van der Waals surface area contributed by atoms with E-state index < -0.39 is 5.60 Å². The van der Waals surface area contributed by atoms with Gasteiger partial charge in [0.15, 0.2) is 5.60 Å². The summed E-state index contributed by atoms with van der Waals surface area (Å²) < 4.78 is 10.1. The number of esters is 1. The molecule has 3 unspecified atom stereocenters. The first-order valence-electron chi connectivity index (χ1n) is 8.56. The molecule has 1 rings (SSSR count). The predicted molar refractivity (Wildman–Crippen MR) is 98.0 cm³/mol. The Bertz CT molecular complexity index is 319. The first kappa shape index (κ1) is 20.4. The van der Waals surface area contributed by atoms with Crippen molar-refractivity contribution < 1.29 is 14.3 Å². The molecule has 0 N–H and O–H groups in total. The summed E-state index contributed by atoms with van der Waals surface area (Å²) in [6.07, 6.45) is 11.9. The van der Waals surface area contributed by atoms with Crippen LogP contribution in [-0.4, -0.2) is 34.9 Å². The Morgan fingerprint density at radius 2 is 1.64 bits per heavy atom. The minimum atomic E-state index is -0.607. The second-order valence-corrected chi connectivity index (χ2v) is 8.61. The molecule has 0 aromatic rings. The van der Waals surface area contributed by atoms with E-state index >= 15 is 0 Å². The van der Waals surface area contributed by atoms with Crippen molar-refractivity contribution in [2.24, 2.45) is 0 Å². The van der Waals surface area contributed by atoms with Gasteiger partial charge in [-0.15, -0.1) is 0 Å². The highest BCUT2D eigenvalue weighted by atomic mass is 79.9. The van der Waals surface area contributed by atoms with Crippen molar-refractivity contribution in [2.45, 2.75) is 86.4 Å². The summed E-state index contributed by atoms with van der Waals surface area (Å²) in [5.74, 6) is -0.215. The topological polar surface area (TPSA) is 38.8 Å². The van der Waals surface area contributed by atoms with Crippen molar-refractivity contribution in [3.8, 4) is 0 Å². The molecule has 22 heavy (non-hydrogen) atoms. The lowest BCUT2D eigenvalue weighted by atomic mass is 10.0. The second kappa shape index (κ2) is 11.0. The maximum absolute atomic E-state index is 11.6. The van der Waals surface area contributed by atoms with Gasteiger partial charge >= 0.3 is 5.97 Å². The SMILES string of the molecule is CCCCCCCC(Br)C(Br)CCCCC1(C(=O)OC)CO1. The van der Waals surface area contributed by atoms with Crippen molar-refractivity contribution in [1.82, 2.24) is 0 Å². The molecule has 1 heterocycles. The molecule has 0 aliphatic carbocycles. The summed E-state index contributed by atoms with van der Waals surface area (Å²) in [6.45, 7) is 2.77. The third-order valence-corrected chi connectivity index (χ3v) is 7.24. The molecule has 0 saturated carbocycles. The van der Waals surface area contributed by atoms with Crippen molar-refractivity contribution in [3.63, 3.8) is 0 Å². The average molecular weight is 442 g/mol. The molecule has 5 heteroatoms. The lowest BCUT2D eigenvalue weighted by Gasteiger charge is -2.17. The van der Waals surface area contributed by atoms with Crippen LogP contribution in [0.25, 0.3) is 0 Å². The maximum Gasteiger partial charge on any atom is 0.340 e. The van der Waals surface area contributed by atoms with E-state index in [1.54, 1.807) is 0 Å². The number of carbonyl (C=O) groups excluding carboxylic acids is 1. The van der Waals surface area contributed by atoms with Crippen LogP contribution >= 0.6 is 31.9 Å². The van der Waals surface area contributed by atoms with E-state index in [2.05, 4.69) is 38.8 Å². The van der Waals surface area contributed by atoms with Gasteiger partial charge in [-0.1, -0.05) is 77.3 Å². The first-order chi connectivity index (χ1) is 10.6. The molecule has 3 nitrogen and oxygen atoms in total. The Kier molecular flexibility index (Phi) is 10.2. The van der Waals surface area contributed by atoms with E-state index in [0.717, 1.165) is 25.7 Å². The number of alkyl halides is 2. The first-order valence-corrected chi connectivity index (χ1v) is 10.4. The Morgan fingerprint density at radius 1 is 1.09 bits per heavy atom. The number of hydrogen-bond donors (Lipinski definition) is 0. The van der Waals surface area contributed by atoms with Crippen LogP contribution in [0.5, 0.6) is 0 Å². The monoisotopic (exact) mass is 440 g/mol. The zero-order valence-electron chi connectivity index (χ0n) is 13.9. The number of carbonyl (C=O) groups is 1. The molecule has 0 aromatic heterocycles. The van der Waals surface area contributed by atoms with E-state index in [0.29, 0.717) is 16.3 Å². The summed E-state index contributed by atoms with van der Waals surface area (Å²) in [6, 6.07) is 0. The number of rotatable bonds is 13. The van der Waals surface area contributed by atoms with Gasteiger partial charge in [0.2, 0.25) is 0 Å². The largest absolute Gasteiger partial charge is 0.467 e. The fourth-order valence-electron chi connectivity index (χ4n) is 2.69. The molecule has 1 aliphatic rings. The lowest BCUT2D eigenvalue weighted by molar-refractivity contribution is -0.147. The fourth-order valence-corrected chi connectivity index (χ4v) is 3.87. The number of halogens is 2. The highest BCUT2D eigenvalue weighted by molar-refractivity contribution is 9.12. The number of hydrogen-bond acceptors (Lipinski definition) is 3. The van der Waals surface area contributed by atoms with Crippen molar-refractivity contribution >= 4 is 37.8 Å². The number of ether oxygens (including phenoxy) is 2. The Balaban J connectivity index is 2.05. The minimum absolute atomic E-state index is 0.215. The van der Waals surface area contributed by atoms with Crippen LogP contribution in [0.15, 0.2) is 0 Å². The maximum atomic E-state index is 11.6. The minimum Gasteiger partial charge on any atom is -0.467 e. The van der Waals surface area contributed by atoms with Crippen molar-refractivity contribution in [2.75, 3.05) is 13.7 Å². The van der Waals surface area contributed by atoms with Gasteiger partial charge in [-0.3, -0.25) is 0 Å². The molecule has 0 aromatic carbocycles. The highest BCUT2D eigenvalue weighted by Crippen LogP contribution is 2.35. The molecular weight excluding hydrogens is 412 g/mol. The summed E-state index contributed by atoms with van der Waals surface area (Å²) in [5.41, 5.74) is -0.607. The van der Waals surface area contributed by atoms with Crippen LogP contribution in [0.3, 0.4) is 0 Å². The van der Waals surface area contributed by atoms with E-state index in [1.165, 1.54) is 45.6 Å². The van der Waals surface area contributed by atoms with Gasteiger partial charge in [0.1, 0.15) is 0 Å². The van der Waals surface area contributed by atoms with Gasteiger partial charge in [-0.25, -0.2) is 4.79 Å². The molecule has 3 atom stereocenters. The zero-order valence-corrected chi connectivity index (χ0v) is 17.1. The Labute approximate surface area is 152 Å². The van der Waals surface area contributed by atoms with Crippen molar-refractivity contribution in [3.05, 3.63) is 0 Å². The van der Waals surface area contributed by atoms with Crippen LogP contribution < -0.4 is 0 Å². The second-order valence-electron chi connectivity index (χ2n) is 6.26. The van der Waals surface area contributed by atoms with Crippen LogP contribution in [0, 0.1) is 0 Å². The van der Waals surface area contributed by atoms with Crippen LogP contribution in [-0.2, 0) is 14.3 Å². The smallest absolute Gasteiger partial charge is 0.340 e. The highest BCUT2D eigenvalue weighted by Gasteiger charge is 2.52. The predicted octanol–water partition coefficient (Wildman–Crippen LogP) is 5.38. The lowest BCUT2D eigenvalue weighted by Crippen LogP contribution is -2.26. The van der Waals surface area contributed by atoms with E-state index in [-0.39, 0.29) is 5.97 Å². The quantitative estimate of drug-likeness (QED) is 0.167. The Hall–Kier alpha value is 0.390. The molecule has 0 amide bonds.